The van der Waals surface area contributed by atoms with E-state index in [1.807, 2.05) is 18.2 Å². The van der Waals surface area contributed by atoms with E-state index in [0.717, 1.165) is 0 Å². The van der Waals surface area contributed by atoms with E-state index in [9.17, 15) is 4.79 Å². The maximum atomic E-state index is 10.7. The number of piperidine rings is 2. The van der Waals surface area contributed by atoms with Crippen molar-refractivity contribution in [2.45, 2.75) is 38.1 Å². The molecule has 0 unspecified atom stereocenters. The van der Waals surface area contributed by atoms with Gasteiger partial charge in [0.2, 0.25) is 0 Å². The largest absolute Gasteiger partial charge is 0.489 e. The molecule has 2 aliphatic heterocycles. The molecule has 0 aliphatic carbocycles. The molecule has 2 aliphatic rings. The van der Waals surface area contributed by atoms with Gasteiger partial charge in [-0.2, -0.15) is 0 Å². The summed E-state index contributed by atoms with van der Waals surface area (Å²) >= 11 is 0. The van der Waals surface area contributed by atoms with Crippen molar-refractivity contribution in [3.63, 3.8) is 0 Å². The zero-order chi connectivity index (χ0) is 16.1. The molecular formula is C18H25NO4. The highest BCUT2D eigenvalue weighted by atomic mass is 16.5. The predicted molar refractivity (Wildman–Crippen MR) is 87.0 cm³/mol. The maximum absolute atomic E-state index is 10.7. The Morgan fingerprint density at radius 1 is 1.09 bits per heavy atom. The van der Waals surface area contributed by atoms with E-state index < -0.39 is 5.97 Å². The zero-order valence-electron chi connectivity index (χ0n) is 13.4. The number of hydrogen-bond donors (Lipinski definition) is 1. The van der Waals surface area contributed by atoms with Crippen LogP contribution in [0, 0.1) is 5.92 Å². The summed E-state index contributed by atoms with van der Waals surface area (Å²) in [6.07, 6.45) is 6.35. The molecule has 0 amide bonds. The molecule has 126 valence electrons. The second-order valence-electron chi connectivity index (χ2n) is 6.44. The third-order valence-corrected chi connectivity index (χ3v) is 4.88. The van der Waals surface area contributed by atoms with E-state index in [-0.39, 0.29) is 6.61 Å². The molecule has 2 fully saturated rings. The summed E-state index contributed by atoms with van der Waals surface area (Å²) in [5, 5.41) is 8.76. The Morgan fingerprint density at radius 3 is 2.61 bits per heavy atom. The molecule has 0 aromatic heterocycles. The van der Waals surface area contributed by atoms with Gasteiger partial charge in [-0.1, -0.05) is 18.6 Å². The molecule has 2 heterocycles. The van der Waals surface area contributed by atoms with E-state index in [0.29, 0.717) is 30.1 Å². The van der Waals surface area contributed by atoms with Crippen molar-refractivity contribution in [2.75, 3.05) is 26.3 Å². The predicted octanol–water partition coefficient (Wildman–Crippen LogP) is 2.79. The van der Waals surface area contributed by atoms with Gasteiger partial charge in [-0.15, -0.1) is 0 Å². The first-order valence-electron chi connectivity index (χ1n) is 8.54. The van der Waals surface area contributed by atoms with Crippen molar-refractivity contribution >= 4 is 5.97 Å². The average molecular weight is 319 g/mol. The summed E-state index contributed by atoms with van der Waals surface area (Å²) < 4.78 is 11.3. The molecule has 0 spiro atoms. The van der Waals surface area contributed by atoms with Gasteiger partial charge in [0.15, 0.2) is 18.1 Å². The molecule has 2 atom stereocenters. The lowest BCUT2D eigenvalue weighted by Crippen LogP contribution is -2.49. The van der Waals surface area contributed by atoms with Crippen molar-refractivity contribution in [3.05, 3.63) is 24.3 Å². The number of aliphatic carboxylic acids is 1. The first kappa shape index (κ1) is 16.1. The minimum atomic E-state index is -0.982. The van der Waals surface area contributed by atoms with Crippen LogP contribution in [0.5, 0.6) is 11.5 Å². The first-order chi connectivity index (χ1) is 11.2. The van der Waals surface area contributed by atoms with Gasteiger partial charge >= 0.3 is 5.97 Å². The quantitative estimate of drug-likeness (QED) is 0.874. The fourth-order valence-electron chi connectivity index (χ4n) is 3.80. The lowest BCUT2D eigenvalue weighted by Gasteiger charge is -2.44. The van der Waals surface area contributed by atoms with Crippen molar-refractivity contribution in [3.8, 4) is 11.5 Å². The summed E-state index contributed by atoms with van der Waals surface area (Å²) in [6, 6.07) is 7.96. The van der Waals surface area contributed by atoms with Crippen LogP contribution in [-0.2, 0) is 4.79 Å². The van der Waals surface area contributed by atoms with Crippen LogP contribution in [0.2, 0.25) is 0 Å². The van der Waals surface area contributed by atoms with Gasteiger partial charge in [0, 0.05) is 12.0 Å². The molecule has 3 rings (SSSR count). The van der Waals surface area contributed by atoms with Crippen molar-refractivity contribution in [1.29, 1.82) is 0 Å². The Morgan fingerprint density at radius 2 is 1.83 bits per heavy atom. The maximum Gasteiger partial charge on any atom is 0.341 e. The number of carboxylic acid groups (broad SMARTS) is 1. The molecule has 5 nitrogen and oxygen atoms in total. The molecular weight excluding hydrogens is 294 g/mol. The number of ether oxygens (including phenoxy) is 2. The Bertz CT molecular complexity index is 532. The topological polar surface area (TPSA) is 59.0 Å². The zero-order valence-corrected chi connectivity index (χ0v) is 13.4. The lowest BCUT2D eigenvalue weighted by molar-refractivity contribution is -0.139. The number of carbonyl (C=O) groups is 1. The summed E-state index contributed by atoms with van der Waals surface area (Å²) in [5.41, 5.74) is 0. The van der Waals surface area contributed by atoms with E-state index in [2.05, 4.69) is 4.90 Å². The van der Waals surface area contributed by atoms with Gasteiger partial charge in [-0.3, -0.25) is 4.90 Å². The van der Waals surface area contributed by atoms with E-state index in [4.69, 9.17) is 14.6 Å². The standard InChI is InChI=1S/C18H25NO4/c20-18(21)13-23-17-9-2-1-8-16(17)22-12-14-6-5-11-19-10-4-3-7-15(14)19/h1-2,8-9,14-15H,3-7,10-13H2,(H,20,21)/t14-,15+/m0/s1. The number of nitrogens with zero attached hydrogens (tertiary/aromatic N) is 1. The van der Waals surface area contributed by atoms with Crippen LogP contribution in [0.3, 0.4) is 0 Å². The Balaban J connectivity index is 1.60. The number of benzene rings is 1. The number of rotatable bonds is 6. The molecule has 5 heteroatoms. The van der Waals surface area contributed by atoms with E-state index >= 15 is 0 Å². The molecule has 1 aromatic carbocycles. The molecule has 0 bridgehead atoms. The smallest absolute Gasteiger partial charge is 0.341 e. The highest BCUT2D eigenvalue weighted by molar-refractivity contribution is 5.68. The van der Waals surface area contributed by atoms with Crippen LogP contribution in [0.4, 0.5) is 0 Å². The van der Waals surface area contributed by atoms with Gasteiger partial charge in [0.05, 0.1) is 6.61 Å². The monoisotopic (exact) mass is 319 g/mol. The van der Waals surface area contributed by atoms with Crippen molar-refractivity contribution in [2.24, 2.45) is 5.92 Å². The fraction of sp³-hybridized carbons (Fsp3) is 0.611. The minimum Gasteiger partial charge on any atom is -0.489 e. The average Bonchev–Trinajstić information content (AvgIpc) is 2.58. The normalized spacial score (nSPS) is 24.7. The van der Waals surface area contributed by atoms with Crippen LogP contribution in [0.1, 0.15) is 32.1 Å². The fourth-order valence-corrected chi connectivity index (χ4v) is 3.80. The number of carboxylic acids is 1. The van der Waals surface area contributed by atoms with Gasteiger partial charge in [0.25, 0.3) is 0 Å². The molecule has 1 N–H and O–H groups in total. The molecule has 0 radical (unpaired) electrons. The summed E-state index contributed by atoms with van der Waals surface area (Å²) in [6.45, 7) is 2.77. The number of fused-ring (bicyclic) bond motifs is 1. The Hall–Kier alpha value is -1.75. The van der Waals surface area contributed by atoms with E-state index in [1.165, 1.54) is 45.2 Å². The van der Waals surface area contributed by atoms with Crippen LogP contribution in [0.15, 0.2) is 24.3 Å². The SMILES string of the molecule is O=C(O)COc1ccccc1OC[C@@H]1CCCN2CCCC[C@H]12. The number of para-hydroxylation sites is 2. The van der Waals surface area contributed by atoms with Crippen LogP contribution in [-0.4, -0.2) is 48.3 Å². The van der Waals surface area contributed by atoms with Gasteiger partial charge in [-0.05, 0) is 50.9 Å². The highest BCUT2D eigenvalue weighted by Gasteiger charge is 2.33. The summed E-state index contributed by atoms with van der Waals surface area (Å²) in [5.74, 6) is 0.717. The summed E-state index contributed by atoms with van der Waals surface area (Å²) in [4.78, 5) is 13.3. The van der Waals surface area contributed by atoms with Gasteiger partial charge in [-0.25, -0.2) is 4.79 Å². The van der Waals surface area contributed by atoms with Gasteiger partial charge < -0.3 is 14.6 Å². The van der Waals surface area contributed by atoms with E-state index in [1.54, 1.807) is 6.07 Å². The summed E-state index contributed by atoms with van der Waals surface area (Å²) in [7, 11) is 0. The van der Waals surface area contributed by atoms with Crippen molar-refractivity contribution < 1.29 is 19.4 Å². The second kappa shape index (κ2) is 7.68. The minimum absolute atomic E-state index is 0.347. The van der Waals surface area contributed by atoms with Crippen LogP contribution in [0.25, 0.3) is 0 Å². The molecule has 2 saturated heterocycles. The lowest BCUT2D eigenvalue weighted by atomic mass is 9.84. The third-order valence-electron chi connectivity index (χ3n) is 4.88. The Kier molecular flexibility index (Phi) is 5.39. The molecule has 23 heavy (non-hydrogen) atoms. The number of hydrogen-bond acceptors (Lipinski definition) is 4. The first-order valence-corrected chi connectivity index (χ1v) is 8.54. The van der Waals surface area contributed by atoms with Crippen LogP contribution < -0.4 is 9.47 Å². The third kappa shape index (κ3) is 4.16. The second-order valence-corrected chi connectivity index (χ2v) is 6.44. The van der Waals surface area contributed by atoms with Crippen molar-refractivity contribution in [1.82, 2.24) is 4.90 Å². The highest BCUT2D eigenvalue weighted by Crippen LogP contribution is 2.33. The van der Waals surface area contributed by atoms with Crippen LogP contribution >= 0.6 is 0 Å². The molecule has 0 saturated carbocycles. The van der Waals surface area contributed by atoms with Gasteiger partial charge in [0.1, 0.15) is 0 Å². The Labute approximate surface area is 137 Å². The molecule has 1 aromatic rings.